The number of hydrogen-bond donors (Lipinski definition) is 0. The smallest absolute Gasteiger partial charge is 0.0795 e. The first-order valence-electron chi connectivity index (χ1n) is 25.5. The highest BCUT2D eigenvalue weighted by Gasteiger charge is 2.13. The third-order valence-corrected chi connectivity index (χ3v) is 14.4. The van der Waals surface area contributed by atoms with Gasteiger partial charge in [0.1, 0.15) is 0 Å². The maximum Gasteiger partial charge on any atom is 0.0795 e. The molecule has 0 unspecified atom stereocenters. The SMILES string of the molecule is c1ccc(-c2ccc3cc(-c4ccc5nc(-c6cccc7cccnc67)ccc5c4)ccc3n2)cc1.c1ccc2c(-c3ccc4cc(-c5ccc6nc(-c7cccc8cccnc78)ccc6c5)ccc4n3)cccc2c1. The Hall–Kier alpha value is -10.3. The van der Waals surface area contributed by atoms with Crippen LogP contribution in [0.5, 0.6) is 0 Å². The third kappa shape index (κ3) is 8.40. The van der Waals surface area contributed by atoms with Gasteiger partial charge in [0.05, 0.1) is 55.9 Å². The largest absolute Gasteiger partial charge is 0.256 e. The number of pyridine rings is 6. The highest BCUT2D eigenvalue weighted by molar-refractivity contribution is 5.99. The molecule has 0 atom stereocenters. The lowest BCUT2D eigenvalue weighted by Crippen LogP contribution is -1.90. The summed E-state index contributed by atoms with van der Waals surface area (Å²) in [6, 6.07) is 88.7. The number of para-hydroxylation sites is 2. The summed E-state index contributed by atoms with van der Waals surface area (Å²) in [5.74, 6) is 0. The molecular formula is C70H44N6. The van der Waals surface area contributed by atoms with Crippen molar-refractivity contribution >= 4 is 76.2 Å². The number of rotatable bonds is 6. The van der Waals surface area contributed by atoms with E-state index in [1.54, 1.807) is 0 Å². The molecule has 9 aromatic carbocycles. The molecule has 0 amide bonds. The van der Waals surface area contributed by atoms with Crippen molar-refractivity contribution in [2.45, 2.75) is 0 Å². The Labute approximate surface area is 438 Å². The standard InChI is InChI=1S/C37H23N3.C33H21N3/c1-2-10-30-24(6-1)7-3-11-31(30)35-19-15-28-22-26(13-17-33(28)39-35)27-14-18-34-29(23-27)16-20-36(40-34)32-12-4-8-25-9-5-21-38-37(25)32;1-2-6-22(7-3-1)29-17-13-26-20-24(11-15-30(26)35-29)25-12-16-31-27(21-25)14-18-32(36-31)28-10-4-8-23-9-5-19-34-33(23)28/h1-23H;1-21H. The van der Waals surface area contributed by atoms with Crippen LogP contribution in [0, 0.1) is 0 Å². The van der Waals surface area contributed by atoms with Crippen LogP contribution in [0.4, 0.5) is 0 Å². The fourth-order valence-corrected chi connectivity index (χ4v) is 10.5. The summed E-state index contributed by atoms with van der Waals surface area (Å²) in [4.78, 5) is 29.1. The second-order valence-electron chi connectivity index (χ2n) is 19.1. The van der Waals surface area contributed by atoms with E-state index in [4.69, 9.17) is 19.9 Å². The van der Waals surface area contributed by atoms with E-state index in [2.05, 4.69) is 234 Å². The predicted molar refractivity (Wildman–Crippen MR) is 315 cm³/mol. The van der Waals surface area contributed by atoms with Gasteiger partial charge in [-0.15, -0.1) is 0 Å². The quantitative estimate of drug-likeness (QED) is 0.165. The summed E-state index contributed by atoms with van der Waals surface area (Å²) in [7, 11) is 0. The van der Waals surface area contributed by atoms with Gasteiger partial charge in [0, 0.05) is 67.0 Å². The van der Waals surface area contributed by atoms with Crippen molar-refractivity contribution in [3.63, 3.8) is 0 Å². The summed E-state index contributed by atoms with van der Waals surface area (Å²) in [6.07, 6.45) is 3.67. The first-order chi connectivity index (χ1) is 37.6. The summed E-state index contributed by atoms with van der Waals surface area (Å²) < 4.78 is 0. The Morgan fingerprint density at radius 1 is 0.211 bits per heavy atom. The number of hydrogen-bond acceptors (Lipinski definition) is 6. The molecule has 0 radical (unpaired) electrons. The van der Waals surface area contributed by atoms with Crippen LogP contribution < -0.4 is 0 Å². The molecule has 15 aromatic rings. The summed E-state index contributed by atoms with van der Waals surface area (Å²) in [6.45, 7) is 0. The van der Waals surface area contributed by atoms with E-state index < -0.39 is 0 Å². The van der Waals surface area contributed by atoms with Gasteiger partial charge in [-0.3, -0.25) is 9.97 Å². The minimum atomic E-state index is 0.934. The molecule has 6 heteroatoms. The van der Waals surface area contributed by atoms with Gasteiger partial charge in [-0.05, 0) is 118 Å². The lowest BCUT2D eigenvalue weighted by Gasteiger charge is -2.10. The van der Waals surface area contributed by atoms with E-state index >= 15 is 0 Å². The molecule has 76 heavy (non-hydrogen) atoms. The van der Waals surface area contributed by atoms with Gasteiger partial charge >= 0.3 is 0 Å². The molecule has 0 bridgehead atoms. The van der Waals surface area contributed by atoms with Crippen molar-refractivity contribution in [1.82, 2.24) is 29.9 Å². The molecule has 15 rings (SSSR count). The van der Waals surface area contributed by atoms with Crippen LogP contribution in [0.25, 0.3) is 143 Å². The first-order valence-corrected chi connectivity index (χ1v) is 25.5. The van der Waals surface area contributed by atoms with E-state index in [1.807, 2.05) is 42.7 Å². The molecule has 6 heterocycles. The number of benzene rings is 9. The van der Waals surface area contributed by atoms with Crippen LogP contribution in [0.2, 0.25) is 0 Å². The molecule has 0 saturated heterocycles. The fraction of sp³-hybridized carbons (Fsp3) is 0. The van der Waals surface area contributed by atoms with E-state index in [0.717, 1.165) is 127 Å². The molecule has 6 nitrogen and oxygen atoms in total. The van der Waals surface area contributed by atoms with Crippen LogP contribution in [-0.4, -0.2) is 29.9 Å². The highest BCUT2D eigenvalue weighted by Crippen LogP contribution is 2.35. The molecule has 6 aromatic heterocycles. The van der Waals surface area contributed by atoms with E-state index in [-0.39, 0.29) is 0 Å². The second-order valence-corrected chi connectivity index (χ2v) is 19.1. The van der Waals surface area contributed by atoms with Crippen molar-refractivity contribution in [2.75, 3.05) is 0 Å². The van der Waals surface area contributed by atoms with Gasteiger partial charge < -0.3 is 0 Å². The van der Waals surface area contributed by atoms with Crippen LogP contribution >= 0.6 is 0 Å². The van der Waals surface area contributed by atoms with Crippen LogP contribution in [-0.2, 0) is 0 Å². The lowest BCUT2D eigenvalue weighted by atomic mass is 9.99. The Kier molecular flexibility index (Phi) is 11.1. The van der Waals surface area contributed by atoms with Crippen molar-refractivity contribution in [3.8, 4) is 67.3 Å². The van der Waals surface area contributed by atoms with Gasteiger partial charge in [-0.25, -0.2) is 19.9 Å². The fourth-order valence-electron chi connectivity index (χ4n) is 10.5. The van der Waals surface area contributed by atoms with Gasteiger partial charge in [0.25, 0.3) is 0 Å². The van der Waals surface area contributed by atoms with E-state index in [0.29, 0.717) is 0 Å². The van der Waals surface area contributed by atoms with E-state index in [1.165, 1.54) is 16.3 Å². The van der Waals surface area contributed by atoms with Crippen molar-refractivity contribution in [3.05, 3.63) is 267 Å². The van der Waals surface area contributed by atoms with Gasteiger partial charge in [0.15, 0.2) is 0 Å². The molecular weight excluding hydrogens is 925 g/mol. The average Bonchev–Trinajstić information content (AvgIpc) is 3.51. The molecule has 0 N–H and O–H groups in total. The molecule has 0 aliphatic rings. The van der Waals surface area contributed by atoms with Crippen molar-refractivity contribution < 1.29 is 0 Å². The monoisotopic (exact) mass is 968 g/mol. The zero-order valence-electron chi connectivity index (χ0n) is 41.1. The van der Waals surface area contributed by atoms with Crippen LogP contribution in [0.15, 0.2) is 267 Å². The highest BCUT2D eigenvalue weighted by atomic mass is 14.7. The Morgan fingerprint density at radius 3 is 1.07 bits per heavy atom. The molecule has 0 spiro atoms. The van der Waals surface area contributed by atoms with Gasteiger partial charge in [0.2, 0.25) is 0 Å². The van der Waals surface area contributed by atoms with Gasteiger partial charge in [-0.2, -0.15) is 0 Å². The molecule has 0 fully saturated rings. The Bertz CT molecular complexity index is 4550. The van der Waals surface area contributed by atoms with Crippen molar-refractivity contribution in [2.24, 2.45) is 0 Å². The number of aromatic nitrogens is 6. The topological polar surface area (TPSA) is 77.3 Å². The first kappa shape index (κ1) is 44.4. The molecule has 0 aliphatic heterocycles. The minimum Gasteiger partial charge on any atom is -0.256 e. The van der Waals surface area contributed by atoms with Crippen molar-refractivity contribution in [1.29, 1.82) is 0 Å². The van der Waals surface area contributed by atoms with Gasteiger partial charge in [-0.1, -0.05) is 170 Å². The maximum atomic E-state index is 5.03. The van der Waals surface area contributed by atoms with Crippen LogP contribution in [0.1, 0.15) is 0 Å². The minimum absolute atomic E-state index is 0.934. The summed E-state index contributed by atoms with van der Waals surface area (Å²) in [5, 5.41) is 9.16. The number of fused-ring (bicyclic) bond motifs is 7. The summed E-state index contributed by atoms with van der Waals surface area (Å²) in [5.41, 5.74) is 18.8. The maximum absolute atomic E-state index is 5.03. The van der Waals surface area contributed by atoms with Crippen LogP contribution in [0.3, 0.4) is 0 Å². The predicted octanol–water partition coefficient (Wildman–Crippen LogP) is 17.8. The molecule has 0 saturated carbocycles. The second kappa shape index (κ2) is 19.0. The average molecular weight is 969 g/mol. The molecule has 354 valence electrons. The summed E-state index contributed by atoms with van der Waals surface area (Å²) >= 11 is 0. The van der Waals surface area contributed by atoms with E-state index in [9.17, 15) is 0 Å². The normalized spacial score (nSPS) is 11.4. The molecule has 0 aliphatic carbocycles. The lowest BCUT2D eigenvalue weighted by molar-refractivity contribution is 1.37. The zero-order valence-corrected chi connectivity index (χ0v) is 41.1. The zero-order chi connectivity index (χ0) is 50.4. The number of nitrogens with zero attached hydrogens (tertiary/aromatic N) is 6. The third-order valence-electron chi connectivity index (χ3n) is 14.4. The Balaban J connectivity index is 0.000000140. The Morgan fingerprint density at radius 2 is 0.579 bits per heavy atom.